The Morgan fingerprint density at radius 2 is 2.00 bits per heavy atom. The van der Waals surface area contributed by atoms with E-state index in [1.54, 1.807) is 0 Å². The standard InChI is InChI=1S/C11H23NO4S/c1-9(10(2)16-11(3,4)5)12-7-6-8-17(13,14)15/h9,12H,2,6-8H2,1,3-5H3,(H,13,14,15)/t9-/m0/s1. The predicted molar refractivity (Wildman–Crippen MR) is 68.5 cm³/mol. The average molecular weight is 265 g/mol. The molecule has 0 aromatic heterocycles. The zero-order valence-electron chi connectivity index (χ0n) is 11.0. The third-order valence-electron chi connectivity index (χ3n) is 1.95. The summed E-state index contributed by atoms with van der Waals surface area (Å²) in [4.78, 5) is 0. The molecule has 0 aromatic carbocycles. The molecule has 0 heterocycles. The molecule has 6 heteroatoms. The van der Waals surface area contributed by atoms with Crippen molar-refractivity contribution >= 4 is 10.1 Å². The number of ether oxygens (including phenoxy) is 1. The minimum absolute atomic E-state index is 0.0596. The summed E-state index contributed by atoms with van der Waals surface area (Å²) in [7, 11) is -3.86. The maximum atomic E-state index is 10.5. The van der Waals surface area contributed by atoms with Crippen LogP contribution in [0.15, 0.2) is 12.3 Å². The Hall–Kier alpha value is -0.590. The SMILES string of the molecule is C=C(OC(C)(C)C)[C@H](C)NCCCS(=O)(=O)O. The first kappa shape index (κ1) is 16.4. The minimum atomic E-state index is -3.86. The van der Waals surface area contributed by atoms with Crippen molar-refractivity contribution < 1.29 is 17.7 Å². The Morgan fingerprint density at radius 3 is 2.41 bits per heavy atom. The highest BCUT2D eigenvalue weighted by molar-refractivity contribution is 7.85. The molecule has 0 amide bonds. The quantitative estimate of drug-likeness (QED) is 0.415. The second-order valence-corrected chi connectivity index (χ2v) is 6.57. The van der Waals surface area contributed by atoms with Crippen molar-refractivity contribution in [3.05, 3.63) is 12.3 Å². The van der Waals surface area contributed by atoms with Crippen LogP contribution in [0.2, 0.25) is 0 Å². The van der Waals surface area contributed by atoms with Crippen LogP contribution in [0.1, 0.15) is 34.1 Å². The van der Waals surface area contributed by atoms with E-state index < -0.39 is 10.1 Å². The topological polar surface area (TPSA) is 75.6 Å². The summed E-state index contributed by atoms with van der Waals surface area (Å²) < 4.78 is 35.1. The molecule has 1 atom stereocenters. The smallest absolute Gasteiger partial charge is 0.264 e. The monoisotopic (exact) mass is 265 g/mol. The molecular formula is C11H23NO4S. The number of hydrogen-bond acceptors (Lipinski definition) is 4. The normalized spacial score (nSPS) is 14.4. The summed E-state index contributed by atoms with van der Waals surface area (Å²) in [6.45, 7) is 12.0. The van der Waals surface area contributed by atoms with Crippen LogP contribution in [0.3, 0.4) is 0 Å². The van der Waals surface area contributed by atoms with Crippen molar-refractivity contribution in [3.63, 3.8) is 0 Å². The fourth-order valence-corrected chi connectivity index (χ4v) is 1.68. The summed E-state index contributed by atoms with van der Waals surface area (Å²) in [5.41, 5.74) is -0.290. The van der Waals surface area contributed by atoms with Crippen LogP contribution in [0.5, 0.6) is 0 Å². The van der Waals surface area contributed by atoms with Crippen LogP contribution in [0.4, 0.5) is 0 Å². The zero-order chi connectivity index (χ0) is 13.7. The largest absolute Gasteiger partial charge is 0.491 e. The van der Waals surface area contributed by atoms with E-state index in [1.807, 2.05) is 27.7 Å². The van der Waals surface area contributed by atoms with Gasteiger partial charge >= 0.3 is 0 Å². The molecule has 0 aliphatic carbocycles. The maximum absolute atomic E-state index is 10.5. The van der Waals surface area contributed by atoms with Gasteiger partial charge < -0.3 is 10.1 Å². The van der Waals surface area contributed by atoms with Crippen molar-refractivity contribution in [2.75, 3.05) is 12.3 Å². The Morgan fingerprint density at radius 1 is 1.47 bits per heavy atom. The molecule has 2 N–H and O–H groups in total. The van der Waals surface area contributed by atoms with Crippen molar-refractivity contribution in [1.29, 1.82) is 0 Å². The molecule has 0 aliphatic rings. The molecule has 0 saturated carbocycles. The van der Waals surface area contributed by atoms with Crippen LogP contribution in [0, 0.1) is 0 Å². The van der Waals surface area contributed by atoms with Gasteiger partial charge in [-0.05, 0) is 40.7 Å². The summed E-state index contributed by atoms with van der Waals surface area (Å²) in [5, 5.41) is 3.08. The molecule has 0 fully saturated rings. The van der Waals surface area contributed by atoms with E-state index in [-0.39, 0.29) is 17.4 Å². The van der Waals surface area contributed by atoms with Gasteiger partial charge in [-0.1, -0.05) is 6.58 Å². The Bertz CT molecular complexity index is 343. The van der Waals surface area contributed by atoms with Crippen LogP contribution in [0.25, 0.3) is 0 Å². The zero-order valence-corrected chi connectivity index (χ0v) is 11.8. The van der Waals surface area contributed by atoms with Gasteiger partial charge in [-0.25, -0.2) is 0 Å². The van der Waals surface area contributed by atoms with E-state index in [1.165, 1.54) is 0 Å². The van der Waals surface area contributed by atoms with E-state index in [2.05, 4.69) is 11.9 Å². The Labute approximate surface area is 104 Å². The molecule has 0 bridgehead atoms. The fraction of sp³-hybridized carbons (Fsp3) is 0.818. The first-order chi connectivity index (χ1) is 7.51. The molecule has 0 spiro atoms. The van der Waals surface area contributed by atoms with Crippen molar-refractivity contribution in [2.45, 2.75) is 45.8 Å². The van der Waals surface area contributed by atoms with Gasteiger partial charge in [-0.15, -0.1) is 0 Å². The lowest BCUT2D eigenvalue weighted by molar-refractivity contribution is 0.0417. The lowest BCUT2D eigenvalue weighted by atomic mass is 10.2. The highest BCUT2D eigenvalue weighted by atomic mass is 32.2. The van der Waals surface area contributed by atoms with Gasteiger partial charge in [0.15, 0.2) is 0 Å². The second-order valence-electron chi connectivity index (χ2n) is 5.00. The fourth-order valence-electron chi connectivity index (χ4n) is 1.17. The van der Waals surface area contributed by atoms with Gasteiger partial charge in [0.05, 0.1) is 11.8 Å². The number of rotatable bonds is 7. The van der Waals surface area contributed by atoms with E-state index in [0.29, 0.717) is 18.7 Å². The van der Waals surface area contributed by atoms with Gasteiger partial charge in [0.25, 0.3) is 10.1 Å². The first-order valence-electron chi connectivity index (χ1n) is 5.57. The minimum Gasteiger partial charge on any atom is -0.491 e. The van der Waals surface area contributed by atoms with Crippen molar-refractivity contribution in [3.8, 4) is 0 Å². The van der Waals surface area contributed by atoms with Gasteiger partial charge in [0.2, 0.25) is 0 Å². The summed E-state index contributed by atoms with van der Waals surface area (Å²) in [6.07, 6.45) is 0.353. The highest BCUT2D eigenvalue weighted by Gasteiger charge is 2.16. The molecule has 0 radical (unpaired) electrons. The predicted octanol–water partition coefficient (Wildman–Crippen LogP) is 1.57. The Kier molecular flexibility index (Phi) is 6.15. The highest BCUT2D eigenvalue weighted by Crippen LogP contribution is 2.14. The lowest BCUT2D eigenvalue weighted by Gasteiger charge is -2.26. The van der Waals surface area contributed by atoms with Gasteiger partial charge in [-0.3, -0.25) is 4.55 Å². The molecule has 0 rings (SSSR count). The summed E-state index contributed by atoms with van der Waals surface area (Å²) >= 11 is 0. The molecule has 0 unspecified atom stereocenters. The molecule has 102 valence electrons. The van der Waals surface area contributed by atoms with Crippen LogP contribution >= 0.6 is 0 Å². The van der Waals surface area contributed by atoms with Gasteiger partial charge in [-0.2, -0.15) is 8.42 Å². The molecule has 17 heavy (non-hydrogen) atoms. The van der Waals surface area contributed by atoms with Crippen LogP contribution < -0.4 is 5.32 Å². The van der Waals surface area contributed by atoms with E-state index >= 15 is 0 Å². The summed E-state index contributed by atoms with van der Waals surface area (Å²) in [5.74, 6) is 0.378. The second kappa shape index (κ2) is 6.37. The van der Waals surface area contributed by atoms with Gasteiger partial charge in [0, 0.05) is 0 Å². The van der Waals surface area contributed by atoms with E-state index in [9.17, 15) is 8.42 Å². The molecule has 0 saturated heterocycles. The van der Waals surface area contributed by atoms with E-state index in [4.69, 9.17) is 9.29 Å². The van der Waals surface area contributed by atoms with Gasteiger partial charge in [0.1, 0.15) is 11.4 Å². The van der Waals surface area contributed by atoms with Crippen molar-refractivity contribution in [2.24, 2.45) is 0 Å². The molecular weight excluding hydrogens is 242 g/mol. The maximum Gasteiger partial charge on any atom is 0.264 e. The van der Waals surface area contributed by atoms with E-state index in [0.717, 1.165) is 0 Å². The van der Waals surface area contributed by atoms with Crippen LogP contribution in [-0.2, 0) is 14.9 Å². The Balaban J connectivity index is 3.87. The molecule has 5 nitrogen and oxygen atoms in total. The average Bonchev–Trinajstić information content (AvgIpc) is 2.07. The number of nitrogens with one attached hydrogen (secondary N) is 1. The lowest BCUT2D eigenvalue weighted by Crippen LogP contribution is -2.33. The molecule has 0 aromatic rings. The third-order valence-corrected chi connectivity index (χ3v) is 2.75. The first-order valence-corrected chi connectivity index (χ1v) is 7.18. The van der Waals surface area contributed by atoms with Crippen LogP contribution in [-0.4, -0.2) is 36.9 Å². The number of hydrogen-bond donors (Lipinski definition) is 2. The summed E-state index contributed by atoms with van der Waals surface area (Å²) in [6, 6.07) is -0.0596. The third kappa shape index (κ3) is 10.3. The molecule has 0 aliphatic heterocycles. The van der Waals surface area contributed by atoms with Crippen molar-refractivity contribution in [1.82, 2.24) is 5.32 Å².